The van der Waals surface area contributed by atoms with E-state index in [0.717, 1.165) is 18.7 Å². The molecule has 0 spiro atoms. The summed E-state index contributed by atoms with van der Waals surface area (Å²) in [6.07, 6.45) is 13.4. The van der Waals surface area contributed by atoms with Crippen molar-refractivity contribution in [1.82, 2.24) is 4.90 Å². The van der Waals surface area contributed by atoms with E-state index < -0.39 is 0 Å². The fourth-order valence-electron chi connectivity index (χ4n) is 2.93. The van der Waals surface area contributed by atoms with Crippen LogP contribution in [0.2, 0.25) is 0 Å². The summed E-state index contributed by atoms with van der Waals surface area (Å²) in [7, 11) is 2.15. The van der Waals surface area contributed by atoms with Crippen LogP contribution < -0.4 is 4.74 Å². The molecular formula is C21H27NO. The molecule has 0 saturated heterocycles. The van der Waals surface area contributed by atoms with Gasteiger partial charge in [-0.15, -0.1) is 0 Å². The van der Waals surface area contributed by atoms with Crippen molar-refractivity contribution in [2.75, 3.05) is 13.6 Å². The van der Waals surface area contributed by atoms with Crippen LogP contribution in [0.3, 0.4) is 0 Å². The van der Waals surface area contributed by atoms with Crippen LogP contribution in [0.25, 0.3) is 0 Å². The highest BCUT2D eigenvalue weighted by Gasteiger charge is 2.25. The maximum atomic E-state index is 6.11. The first-order valence-corrected chi connectivity index (χ1v) is 8.36. The monoisotopic (exact) mass is 309 g/mol. The van der Waals surface area contributed by atoms with E-state index in [-0.39, 0.29) is 6.04 Å². The van der Waals surface area contributed by atoms with Gasteiger partial charge in [0.15, 0.2) is 0 Å². The molecule has 2 heterocycles. The number of allylic oxidation sites excluding steroid dienone is 4. The summed E-state index contributed by atoms with van der Waals surface area (Å²) in [6, 6.07) is 4.64. The molecule has 1 aromatic carbocycles. The summed E-state index contributed by atoms with van der Waals surface area (Å²) in [5.74, 6) is 1.65. The molecule has 122 valence electrons. The average molecular weight is 309 g/mol. The quantitative estimate of drug-likeness (QED) is 0.667. The number of nitrogens with zero attached hydrogens (tertiary/aromatic N) is 1. The number of aryl methyl sites for hydroxylation is 1. The standard InChI is InChI=1S/C19H21NO.C2H6/c1-14-11-12-16-9-6-4-5-8-15(2)21-19(16)18(14)17-10-7-13-20(17)3;1-2/h4-8,10-12,17H,2,9,13H2,1,3H3;1-2H3/b6-4-,8-5-;. The Balaban J connectivity index is 0.000000924. The third kappa shape index (κ3) is 3.83. The van der Waals surface area contributed by atoms with E-state index in [2.05, 4.69) is 55.8 Å². The van der Waals surface area contributed by atoms with Crippen molar-refractivity contribution < 1.29 is 4.74 Å². The van der Waals surface area contributed by atoms with Crippen molar-refractivity contribution in [2.24, 2.45) is 0 Å². The first-order chi connectivity index (χ1) is 11.2. The van der Waals surface area contributed by atoms with Gasteiger partial charge in [0.2, 0.25) is 0 Å². The molecule has 2 aliphatic rings. The molecule has 0 N–H and O–H groups in total. The summed E-state index contributed by atoms with van der Waals surface area (Å²) < 4.78 is 6.11. The highest BCUT2D eigenvalue weighted by Crippen LogP contribution is 2.38. The Hall–Kier alpha value is -2.06. The molecule has 2 aliphatic heterocycles. The topological polar surface area (TPSA) is 12.5 Å². The van der Waals surface area contributed by atoms with Crippen LogP contribution in [0.4, 0.5) is 0 Å². The van der Waals surface area contributed by atoms with Gasteiger partial charge in [0.25, 0.3) is 0 Å². The Bertz CT molecular complexity index is 652. The highest BCUT2D eigenvalue weighted by atomic mass is 16.5. The van der Waals surface area contributed by atoms with Gasteiger partial charge in [-0.2, -0.15) is 0 Å². The summed E-state index contributed by atoms with van der Waals surface area (Å²) in [4.78, 5) is 2.33. The minimum absolute atomic E-state index is 0.279. The SMILES string of the molecule is C=C1/C=C\C=C/Cc2ccc(C)c(C3C=CCN3C)c2O1.CC. The molecule has 0 radical (unpaired) electrons. The van der Waals surface area contributed by atoms with Crippen molar-refractivity contribution >= 4 is 0 Å². The third-order valence-corrected chi connectivity index (χ3v) is 4.08. The molecule has 0 aliphatic carbocycles. The maximum absolute atomic E-state index is 6.11. The molecule has 2 heteroatoms. The zero-order chi connectivity index (χ0) is 16.8. The van der Waals surface area contributed by atoms with Gasteiger partial charge in [-0.25, -0.2) is 0 Å². The lowest BCUT2D eigenvalue weighted by molar-refractivity contribution is 0.328. The lowest BCUT2D eigenvalue weighted by Crippen LogP contribution is -2.20. The average Bonchev–Trinajstić information content (AvgIpc) is 2.99. The smallest absolute Gasteiger partial charge is 0.136 e. The zero-order valence-electron chi connectivity index (χ0n) is 14.7. The fourth-order valence-corrected chi connectivity index (χ4v) is 2.93. The molecule has 23 heavy (non-hydrogen) atoms. The second kappa shape index (κ2) is 7.98. The van der Waals surface area contributed by atoms with Crippen molar-refractivity contribution in [3.8, 4) is 5.75 Å². The Labute approximate surface area is 140 Å². The van der Waals surface area contributed by atoms with Gasteiger partial charge >= 0.3 is 0 Å². The maximum Gasteiger partial charge on any atom is 0.136 e. The molecule has 0 amide bonds. The van der Waals surface area contributed by atoms with E-state index in [0.29, 0.717) is 5.76 Å². The molecule has 2 nitrogen and oxygen atoms in total. The second-order valence-electron chi connectivity index (χ2n) is 5.66. The lowest BCUT2D eigenvalue weighted by Gasteiger charge is -2.25. The van der Waals surface area contributed by atoms with Crippen LogP contribution in [0.1, 0.15) is 36.6 Å². The Kier molecular flexibility index (Phi) is 6.00. The van der Waals surface area contributed by atoms with Crippen LogP contribution in [0.15, 0.2) is 60.9 Å². The van der Waals surface area contributed by atoms with E-state index in [1.165, 1.54) is 16.7 Å². The van der Waals surface area contributed by atoms with Gasteiger partial charge in [-0.1, -0.05) is 62.9 Å². The fraction of sp³-hybridized carbons (Fsp3) is 0.333. The predicted molar refractivity (Wildman–Crippen MR) is 98.8 cm³/mol. The normalized spacial score (nSPS) is 22.8. The Morgan fingerprint density at radius 2 is 1.96 bits per heavy atom. The van der Waals surface area contributed by atoms with Gasteiger partial charge in [-0.3, -0.25) is 4.90 Å². The summed E-state index contributed by atoms with van der Waals surface area (Å²) in [6.45, 7) is 11.1. The van der Waals surface area contributed by atoms with E-state index in [4.69, 9.17) is 4.74 Å². The number of rotatable bonds is 1. The zero-order valence-corrected chi connectivity index (χ0v) is 14.7. The summed E-state index contributed by atoms with van der Waals surface area (Å²) in [5, 5.41) is 0. The predicted octanol–water partition coefficient (Wildman–Crippen LogP) is 5.12. The van der Waals surface area contributed by atoms with Gasteiger partial charge < -0.3 is 4.74 Å². The number of hydrogen-bond donors (Lipinski definition) is 0. The molecule has 1 aromatic rings. The van der Waals surface area contributed by atoms with Crippen LogP contribution in [-0.4, -0.2) is 18.5 Å². The molecule has 0 bridgehead atoms. The van der Waals surface area contributed by atoms with E-state index >= 15 is 0 Å². The van der Waals surface area contributed by atoms with Crippen molar-refractivity contribution in [1.29, 1.82) is 0 Å². The first-order valence-electron chi connectivity index (χ1n) is 8.36. The largest absolute Gasteiger partial charge is 0.457 e. The number of likely N-dealkylation sites (N-methyl/N-ethyl adjacent to an activating group) is 1. The van der Waals surface area contributed by atoms with Crippen molar-refractivity contribution in [3.63, 3.8) is 0 Å². The number of benzene rings is 1. The van der Waals surface area contributed by atoms with E-state index in [9.17, 15) is 0 Å². The Morgan fingerprint density at radius 1 is 1.17 bits per heavy atom. The van der Waals surface area contributed by atoms with Gasteiger partial charge in [-0.05, 0) is 37.6 Å². The molecule has 3 rings (SSSR count). The molecule has 0 saturated carbocycles. The van der Waals surface area contributed by atoms with Crippen LogP contribution in [0, 0.1) is 6.92 Å². The molecular weight excluding hydrogens is 282 g/mol. The van der Waals surface area contributed by atoms with Crippen molar-refractivity contribution in [2.45, 2.75) is 33.2 Å². The van der Waals surface area contributed by atoms with Crippen LogP contribution >= 0.6 is 0 Å². The van der Waals surface area contributed by atoms with Crippen LogP contribution in [-0.2, 0) is 6.42 Å². The lowest BCUT2D eigenvalue weighted by atomic mass is 9.95. The molecule has 0 fully saturated rings. The third-order valence-electron chi connectivity index (χ3n) is 4.08. The summed E-state index contributed by atoms with van der Waals surface area (Å²) in [5.41, 5.74) is 3.73. The molecule has 1 atom stereocenters. The number of fused-ring (bicyclic) bond motifs is 1. The van der Waals surface area contributed by atoms with Crippen LogP contribution in [0.5, 0.6) is 5.75 Å². The first kappa shape index (κ1) is 17.3. The van der Waals surface area contributed by atoms with Crippen molar-refractivity contribution in [3.05, 3.63) is 77.6 Å². The molecule has 1 unspecified atom stereocenters. The minimum Gasteiger partial charge on any atom is -0.457 e. The minimum atomic E-state index is 0.279. The number of hydrogen-bond acceptors (Lipinski definition) is 2. The second-order valence-corrected chi connectivity index (χ2v) is 5.66. The summed E-state index contributed by atoms with van der Waals surface area (Å²) >= 11 is 0. The van der Waals surface area contributed by atoms with E-state index in [1.54, 1.807) is 0 Å². The van der Waals surface area contributed by atoms with Gasteiger partial charge in [0, 0.05) is 12.1 Å². The molecule has 0 aromatic heterocycles. The van der Waals surface area contributed by atoms with Gasteiger partial charge in [0.05, 0.1) is 6.04 Å². The number of ether oxygens (including phenoxy) is 1. The highest BCUT2D eigenvalue weighted by molar-refractivity contribution is 5.52. The van der Waals surface area contributed by atoms with E-state index in [1.807, 2.05) is 32.1 Å². The van der Waals surface area contributed by atoms with Gasteiger partial charge in [0.1, 0.15) is 11.5 Å². The Morgan fingerprint density at radius 3 is 2.65 bits per heavy atom.